The van der Waals surface area contributed by atoms with Gasteiger partial charge in [-0.15, -0.1) is 0 Å². The van der Waals surface area contributed by atoms with Crippen molar-refractivity contribution >= 4 is 6.29 Å². The van der Waals surface area contributed by atoms with E-state index in [0.717, 1.165) is 12.8 Å². The minimum absolute atomic E-state index is 0.0648. The number of aldehydes is 1. The van der Waals surface area contributed by atoms with Gasteiger partial charge in [-0.05, 0) is 19.9 Å². The maximum atomic E-state index is 9.98. The Balaban J connectivity index is 0. The Hall–Kier alpha value is -0.450. The molecule has 0 saturated carbocycles. The second-order valence-electron chi connectivity index (χ2n) is 4.88. The molecule has 0 saturated heterocycles. The van der Waals surface area contributed by atoms with E-state index in [0.29, 0.717) is 6.54 Å². The zero-order chi connectivity index (χ0) is 15.5. The molecule has 122 valence electrons. The van der Waals surface area contributed by atoms with Crippen molar-refractivity contribution in [2.45, 2.75) is 71.5 Å². The van der Waals surface area contributed by atoms with Crippen molar-refractivity contribution in [1.29, 1.82) is 0 Å². The zero-order valence-electron chi connectivity index (χ0n) is 14.0. The van der Waals surface area contributed by atoms with Crippen LogP contribution in [0.2, 0.25) is 0 Å². The Morgan fingerprint density at radius 2 is 1.45 bits per heavy atom. The van der Waals surface area contributed by atoms with Crippen LogP contribution in [0.5, 0.6) is 0 Å². The highest BCUT2D eigenvalue weighted by Gasteiger charge is 1.91. The van der Waals surface area contributed by atoms with Gasteiger partial charge >= 0.3 is 0 Å². The lowest BCUT2D eigenvalue weighted by molar-refractivity contribution is -0.107. The predicted molar refractivity (Wildman–Crippen MR) is 85.0 cm³/mol. The molecular weight excluding hydrogens is 254 g/mol. The average molecular weight is 289 g/mol. The van der Waals surface area contributed by atoms with Crippen molar-refractivity contribution in [3.8, 4) is 0 Å². The Bertz CT molecular complexity index is 173. The molecule has 0 aliphatic rings. The van der Waals surface area contributed by atoms with E-state index >= 15 is 0 Å². The third-order valence-electron chi connectivity index (χ3n) is 3.10. The number of ether oxygens (including phenoxy) is 2. The number of hydrogen-bond donors (Lipinski definition) is 1. The second-order valence-corrected chi connectivity index (χ2v) is 4.88. The Morgan fingerprint density at radius 1 is 0.950 bits per heavy atom. The van der Waals surface area contributed by atoms with Gasteiger partial charge in [0.2, 0.25) is 0 Å². The van der Waals surface area contributed by atoms with Crippen LogP contribution in [0.3, 0.4) is 0 Å². The highest BCUT2D eigenvalue weighted by Crippen LogP contribution is 2.07. The molecular formula is C16H35NO3. The van der Waals surface area contributed by atoms with Gasteiger partial charge in [-0.1, -0.05) is 51.9 Å². The fourth-order valence-corrected chi connectivity index (χ4v) is 1.64. The molecule has 0 aromatic rings. The van der Waals surface area contributed by atoms with Crippen molar-refractivity contribution < 1.29 is 14.3 Å². The number of nitrogens with one attached hydrogen (secondary N) is 1. The van der Waals surface area contributed by atoms with Crippen LogP contribution in [0, 0.1) is 0 Å². The van der Waals surface area contributed by atoms with Gasteiger partial charge in [-0.2, -0.15) is 0 Å². The predicted octanol–water partition coefficient (Wildman–Crippen LogP) is 3.54. The van der Waals surface area contributed by atoms with E-state index in [-0.39, 0.29) is 6.29 Å². The highest BCUT2D eigenvalue weighted by molar-refractivity contribution is 5.51. The molecule has 0 unspecified atom stereocenters. The largest absolute Gasteiger partial charge is 0.356 e. The van der Waals surface area contributed by atoms with Gasteiger partial charge in [0.25, 0.3) is 0 Å². The van der Waals surface area contributed by atoms with Crippen LogP contribution < -0.4 is 5.32 Å². The molecule has 20 heavy (non-hydrogen) atoms. The topological polar surface area (TPSA) is 47.6 Å². The first-order chi connectivity index (χ1) is 9.72. The number of methoxy groups -OCH3 is 2. The van der Waals surface area contributed by atoms with Crippen molar-refractivity contribution in [3.63, 3.8) is 0 Å². The van der Waals surface area contributed by atoms with Crippen LogP contribution in [0.4, 0.5) is 0 Å². The standard InChI is InChI=1S/C12H25NO.C4H10O2/c1-2-3-4-5-6-7-8-9-10-13-11-12-14;1-4(5-2)6-3/h12-13H,2-11H2,1H3;4H,1-3H3. The van der Waals surface area contributed by atoms with Gasteiger partial charge < -0.3 is 19.6 Å². The average Bonchev–Trinajstić information content (AvgIpc) is 2.49. The van der Waals surface area contributed by atoms with Gasteiger partial charge in [0.1, 0.15) is 6.29 Å². The number of hydrogen-bond acceptors (Lipinski definition) is 4. The highest BCUT2D eigenvalue weighted by atomic mass is 16.7. The summed E-state index contributed by atoms with van der Waals surface area (Å²) in [6.45, 7) is 5.59. The summed E-state index contributed by atoms with van der Waals surface area (Å²) in [6.07, 6.45) is 11.6. The molecule has 4 nitrogen and oxygen atoms in total. The molecule has 0 bridgehead atoms. The first kappa shape index (κ1) is 21.8. The molecule has 0 aliphatic heterocycles. The third kappa shape index (κ3) is 22.7. The molecule has 4 heteroatoms. The minimum Gasteiger partial charge on any atom is -0.356 e. The van der Waals surface area contributed by atoms with E-state index in [1.54, 1.807) is 14.2 Å². The lowest BCUT2D eigenvalue weighted by atomic mass is 10.1. The molecule has 0 heterocycles. The van der Waals surface area contributed by atoms with Crippen LogP contribution in [-0.2, 0) is 14.3 Å². The van der Waals surface area contributed by atoms with Crippen molar-refractivity contribution in [1.82, 2.24) is 5.32 Å². The Kier molecular flexibility index (Phi) is 22.8. The van der Waals surface area contributed by atoms with Crippen molar-refractivity contribution in [2.24, 2.45) is 0 Å². The molecule has 0 aromatic heterocycles. The van der Waals surface area contributed by atoms with E-state index in [9.17, 15) is 4.79 Å². The number of unbranched alkanes of at least 4 members (excludes halogenated alkanes) is 7. The van der Waals surface area contributed by atoms with E-state index < -0.39 is 0 Å². The lowest BCUT2D eigenvalue weighted by Gasteiger charge is -2.03. The van der Waals surface area contributed by atoms with Crippen LogP contribution in [-0.4, -0.2) is 39.9 Å². The van der Waals surface area contributed by atoms with Gasteiger partial charge in [0, 0.05) is 14.2 Å². The third-order valence-corrected chi connectivity index (χ3v) is 3.10. The monoisotopic (exact) mass is 289 g/mol. The lowest BCUT2D eigenvalue weighted by Crippen LogP contribution is -2.17. The molecule has 0 amide bonds. The van der Waals surface area contributed by atoms with Gasteiger partial charge in [-0.3, -0.25) is 0 Å². The molecule has 0 atom stereocenters. The summed E-state index contributed by atoms with van der Waals surface area (Å²) >= 11 is 0. The van der Waals surface area contributed by atoms with Gasteiger partial charge in [-0.25, -0.2) is 0 Å². The van der Waals surface area contributed by atoms with Gasteiger partial charge in [0.05, 0.1) is 6.54 Å². The summed E-state index contributed by atoms with van der Waals surface area (Å²) < 4.78 is 9.35. The zero-order valence-corrected chi connectivity index (χ0v) is 14.0. The van der Waals surface area contributed by atoms with Crippen LogP contribution in [0.1, 0.15) is 65.2 Å². The summed E-state index contributed by atoms with van der Waals surface area (Å²) in [5.41, 5.74) is 0. The Labute approximate surface area is 125 Å². The molecule has 0 spiro atoms. The maximum Gasteiger partial charge on any atom is 0.154 e. The van der Waals surface area contributed by atoms with E-state index in [1.165, 1.54) is 51.4 Å². The minimum atomic E-state index is -0.0648. The Morgan fingerprint density at radius 3 is 1.85 bits per heavy atom. The first-order valence-corrected chi connectivity index (χ1v) is 7.92. The molecule has 0 rings (SSSR count). The summed E-state index contributed by atoms with van der Waals surface area (Å²) in [7, 11) is 3.21. The molecule has 0 fully saturated rings. The number of rotatable bonds is 13. The summed E-state index contributed by atoms with van der Waals surface area (Å²) in [4.78, 5) is 9.98. The summed E-state index contributed by atoms with van der Waals surface area (Å²) in [6, 6.07) is 0. The van der Waals surface area contributed by atoms with E-state index in [2.05, 4.69) is 21.7 Å². The van der Waals surface area contributed by atoms with E-state index in [4.69, 9.17) is 0 Å². The van der Waals surface area contributed by atoms with Crippen molar-refractivity contribution in [2.75, 3.05) is 27.3 Å². The maximum absolute atomic E-state index is 9.98. The van der Waals surface area contributed by atoms with Gasteiger partial charge in [0.15, 0.2) is 6.29 Å². The second kappa shape index (κ2) is 20.9. The summed E-state index contributed by atoms with van der Waals surface area (Å²) in [5.74, 6) is 0. The SMILES string of the molecule is CCCCCCCCCCNCC=O.COC(C)OC. The fraction of sp³-hybridized carbons (Fsp3) is 0.938. The van der Waals surface area contributed by atoms with E-state index in [1.807, 2.05) is 6.92 Å². The molecule has 1 N–H and O–H groups in total. The number of carbonyl (C=O) groups is 1. The summed E-state index contributed by atoms with van der Waals surface area (Å²) in [5, 5.41) is 3.08. The smallest absolute Gasteiger partial charge is 0.154 e. The quantitative estimate of drug-likeness (QED) is 0.320. The number of carbonyl (C=O) groups excluding carboxylic acids is 1. The molecule has 0 radical (unpaired) electrons. The first-order valence-electron chi connectivity index (χ1n) is 7.92. The van der Waals surface area contributed by atoms with Crippen LogP contribution >= 0.6 is 0 Å². The normalized spacial score (nSPS) is 10.2. The molecule has 0 aliphatic carbocycles. The fourth-order valence-electron chi connectivity index (χ4n) is 1.64. The van der Waals surface area contributed by atoms with Crippen LogP contribution in [0.25, 0.3) is 0 Å². The van der Waals surface area contributed by atoms with Crippen LogP contribution in [0.15, 0.2) is 0 Å². The molecule has 0 aromatic carbocycles. The van der Waals surface area contributed by atoms with Crippen molar-refractivity contribution in [3.05, 3.63) is 0 Å².